The molecule has 6 heteroatoms. The first-order valence-electron chi connectivity index (χ1n) is 9.00. The van der Waals surface area contributed by atoms with E-state index in [9.17, 15) is 0 Å². The van der Waals surface area contributed by atoms with Crippen molar-refractivity contribution in [3.8, 4) is 5.69 Å². The molecule has 142 valence electrons. The van der Waals surface area contributed by atoms with Crippen molar-refractivity contribution < 1.29 is 0 Å². The highest BCUT2D eigenvalue weighted by molar-refractivity contribution is 6.30. The van der Waals surface area contributed by atoms with Crippen LogP contribution in [0.3, 0.4) is 0 Å². The van der Waals surface area contributed by atoms with Gasteiger partial charge in [-0.3, -0.25) is 4.90 Å². The average Bonchev–Trinajstić information content (AvgIpc) is 3.30. The number of hydrogen-bond acceptors (Lipinski definition) is 3. The second-order valence-corrected chi connectivity index (χ2v) is 7.41. The van der Waals surface area contributed by atoms with E-state index in [0.29, 0.717) is 11.8 Å². The summed E-state index contributed by atoms with van der Waals surface area (Å²) in [4.78, 5) is 2.48. The van der Waals surface area contributed by atoms with Crippen molar-refractivity contribution in [2.75, 3.05) is 19.6 Å². The lowest BCUT2D eigenvalue weighted by Gasteiger charge is -2.16. The molecule has 0 bridgehead atoms. The Morgan fingerprint density at radius 1 is 1.04 bits per heavy atom. The maximum atomic E-state index is 6.06. The lowest BCUT2D eigenvalue weighted by atomic mass is 9.89. The summed E-state index contributed by atoms with van der Waals surface area (Å²) in [5, 5.41) is 5.23. The monoisotopic (exact) mass is 402 g/mol. The summed E-state index contributed by atoms with van der Waals surface area (Å²) in [6, 6.07) is 18.5. The Hall–Kier alpha value is -1.85. The van der Waals surface area contributed by atoms with Crippen LogP contribution in [-0.2, 0) is 6.54 Å². The average molecular weight is 403 g/mol. The molecule has 0 radical (unpaired) electrons. The van der Waals surface area contributed by atoms with Gasteiger partial charge in [-0.2, -0.15) is 5.10 Å². The third-order valence-electron chi connectivity index (χ3n) is 5.18. The van der Waals surface area contributed by atoms with E-state index < -0.39 is 0 Å². The minimum atomic E-state index is 0. The predicted octanol–water partition coefficient (Wildman–Crippen LogP) is 4.12. The molecule has 1 fully saturated rings. The van der Waals surface area contributed by atoms with E-state index in [1.165, 1.54) is 11.1 Å². The Kier molecular flexibility index (Phi) is 6.55. The summed E-state index contributed by atoms with van der Waals surface area (Å²) in [6.07, 6.45) is 4.04. The summed E-state index contributed by atoms with van der Waals surface area (Å²) in [7, 11) is 0. The van der Waals surface area contributed by atoms with Gasteiger partial charge in [0, 0.05) is 42.3 Å². The molecule has 2 aromatic carbocycles. The van der Waals surface area contributed by atoms with Crippen molar-refractivity contribution in [3.05, 3.63) is 83.1 Å². The van der Waals surface area contributed by atoms with Gasteiger partial charge in [0.25, 0.3) is 0 Å². The molecule has 4 nitrogen and oxygen atoms in total. The Morgan fingerprint density at radius 2 is 1.78 bits per heavy atom. The van der Waals surface area contributed by atoms with Crippen molar-refractivity contribution in [2.24, 2.45) is 11.7 Å². The van der Waals surface area contributed by atoms with Crippen LogP contribution >= 0.6 is 24.0 Å². The number of rotatable bonds is 5. The number of benzene rings is 2. The first-order valence-corrected chi connectivity index (χ1v) is 9.37. The van der Waals surface area contributed by atoms with E-state index in [-0.39, 0.29) is 12.4 Å². The quantitative estimate of drug-likeness (QED) is 0.697. The lowest BCUT2D eigenvalue weighted by molar-refractivity contribution is 0.317. The van der Waals surface area contributed by atoms with Gasteiger partial charge in [0.15, 0.2) is 0 Å². The van der Waals surface area contributed by atoms with Gasteiger partial charge in [-0.15, -0.1) is 12.4 Å². The minimum absolute atomic E-state index is 0. The Bertz CT molecular complexity index is 848. The summed E-state index contributed by atoms with van der Waals surface area (Å²) < 4.78 is 1.90. The first-order chi connectivity index (χ1) is 12.7. The van der Waals surface area contributed by atoms with E-state index in [0.717, 1.165) is 36.9 Å². The van der Waals surface area contributed by atoms with Gasteiger partial charge >= 0.3 is 0 Å². The summed E-state index contributed by atoms with van der Waals surface area (Å²) in [5.41, 5.74) is 9.68. The van der Waals surface area contributed by atoms with E-state index in [1.807, 2.05) is 35.1 Å². The smallest absolute Gasteiger partial charge is 0.0646 e. The fraction of sp³-hybridized carbons (Fsp3) is 0.286. The molecule has 1 aliphatic rings. The molecule has 4 rings (SSSR count). The van der Waals surface area contributed by atoms with Crippen LogP contribution in [0.4, 0.5) is 0 Å². The van der Waals surface area contributed by atoms with Crippen molar-refractivity contribution in [2.45, 2.75) is 12.5 Å². The predicted molar refractivity (Wildman–Crippen MR) is 113 cm³/mol. The molecule has 1 aromatic heterocycles. The fourth-order valence-corrected chi connectivity index (χ4v) is 3.97. The summed E-state index contributed by atoms with van der Waals surface area (Å²) in [6.45, 7) is 3.69. The summed E-state index contributed by atoms with van der Waals surface area (Å²) in [5.74, 6) is 1.01. The maximum absolute atomic E-state index is 6.06. The standard InChI is InChI=1S/C21H23ClN4.ClH/c22-19-6-8-20(9-7-19)26-13-16(11-24-26)12-25-14-18(10-23)21(15-25)17-4-2-1-3-5-17;/h1-9,11,13,18,21H,10,12,14-15,23H2;1H/t18-,21+;/m1./s1. The number of likely N-dealkylation sites (tertiary alicyclic amines) is 1. The van der Waals surface area contributed by atoms with Gasteiger partial charge in [-0.05, 0) is 42.3 Å². The molecule has 27 heavy (non-hydrogen) atoms. The van der Waals surface area contributed by atoms with Crippen LogP contribution in [0.5, 0.6) is 0 Å². The van der Waals surface area contributed by atoms with Crippen LogP contribution in [0.15, 0.2) is 67.0 Å². The van der Waals surface area contributed by atoms with E-state index in [1.54, 1.807) is 0 Å². The number of nitrogens with two attached hydrogens (primary N) is 1. The van der Waals surface area contributed by atoms with Crippen molar-refractivity contribution in [3.63, 3.8) is 0 Å². The molecule has 1 aliphatic heterocycles. The summed E-state index contributed by atoms with van der Waals surface area (Å²) >= 11 is 5.96. The highest BCUT2D eigenvalue weighted by atomic mass is 35.5. The SMILES string of the molecule is Cl.NC[C@@H]1CN(Cc2cnn(-c3ccc(Cl)cc3)c2)C[C@H]1c1ccccc1. The molecule has 2 atom stereocenters. The largest absolute Gasteiger partial charge is 0.330 e. The lowest BCUT2D eigenvalue weighted by Crippen LogP contribution is -2.23. The van der Waals surface area contributed by atoms with Gasteiger partial charge in [0.05, 0.1) is 11.9 Å². The third-order valence-corrected chi connectivity index (χ3v) is 5.43. The van der Waals surface area contributed by atoms with Crippen molar-refractivity contribution in [1.29, 1.82) is 0 Å². The fourth-order valence-electron chi connectivity index (χ4n) is 3.84. The highest BCUT2D eigenvalue weighted by Crippen LogP contribution is 2.32. The van der Waals surface area contributed by atoms with Crippen LogP contribution < -0.4 is 5.73 Å². The molecule has 1 saturated heterocycles. The molecule has 2 N–H and O–H groups in total. The molecule has 0 spiro atoms. The molecule has 0 amide bonds. The van der Waals surface area contributed by atoms with Gasteiger partial charge in [-0.1, -0.05) is 41.9 Å². The number of hydrogen-bond donors (Lipinski definition) is 1. The molecule has 3 aromatic rings. The van der Waals surface area contributed by atoms with Crippen LogP contribution in [-0.4, -0.2) is 34.3 Å². The Balaban J connectivity index is 0.00000210. The second kappa shape index (κ2) is 8.89. The van der Waals surface area contributed by atoms with Gasteiger partial charge < -0.3 is 5.73 Å². The number of aromatic nitrogens is 2. The molecule has 0 aliphatic carbocycles. The van der Waals surface area contributed by atoms with Crippen LogP contribution in [0.2, 0.25) is 5.02 Å². The number of halogens is 2. The normalized spacial score (nSPS) is 19.8. The zero-order valence-electron chi connectivity index (χ0n) is 15.0. The zero-order chi connectivity index (χ0) is 17.9. The third kappa shape index (κ3) is 4.53. The zero-order valence-corrected chi connectivity index (χ0v) is 16.6. The van der Waals surface area contributed by atoms with Gasteiger partial charge in [-0.25, -0.2) is 4.68 Å². The maximum Gasteiger partial charge on any atom is 0.0646 e. The molecule has 2 heterocycles. The molecular weight excluding hydrogens is 379 g/mol. The van der Waals surface area contributed by atoms with Gasteiger partial charge in [0.2, 0.25) is 0 Å². The van der Waals surface area contributed by atoms with Crippen LogP contribution in [0.1, 0.15) is 17.0 Å². The van der Waals surface area contributed by atoms with Crippen molar-refractivity contribution >= 4 is 24.0 Å². The molecular formula is C21H24Cl2N4. The molecule has 0 unspecified atom stereocenters. The van der Waals surface area contributed by atoms with E-state index in [2.05, 4.69) is 46.5 Å². The minimum Gasteiger partial charge on any atom is -0.330 e. The topological polar surface area (TPSA) is 47.1 Å². The van der Waals surface area contributed by atoms with E-state index in [4.69, 9.17) is 17.3 Å². The van der Waals surface area contributed by atoms with Gasteiger partial charge in [0.1, 0.15) is 0 Å². The van der Waals surface area contributed by atoms with E-state index >= 15 is 0 Å². The Morgan fingerprint density at radius 3 is 2.48 bits per heavy atom. The second-order valence-electron chi connectivity index (χ2n) is 6.98. The van der Waals surface area contributed by atoms with Crippen LogP contribution in [0.25, 0.3) is 5.69 Å². The highest BCUT2D eigenvalue weighted by Gasteiger charge is 2.32. The van der Waals surface area contributed by atoms with Crippen molar-refractivity contribution in [1.82, 2.24) is 14.7 Å². The molecule has 0 saturated carbocycles. The first kappa shape index (κ1) is 19.9. The Labute approximate surface area is 171 Å². The number of nitrogens with zero attached hydrogens (tertiary/aromatic N) is 3. The van der Waals surface area contributed by atoms with Crippen LogP contribution in [0, 0.1) is 5.92 Å².